The van der Waals surface area contributed by atoms with Gasteiger partial charge in [-0.15, -0.1) is 0 Å². The third-order valence-electron chi connectivity index (χ3n) is 2.23. The number of aliphatic carboxylic acids is 1. The number of rotatable bonds is 7. The summed E-state index contributed by atoms with van der Waals surface area (Å²) in [6, 6.07) is 8.02. The van der Waals surface area contributed by atoms with Crippen LogP contribution in [-0.4, -0.2) is 30.3 Å². The molecule has 0 aliphatic heterocycles. The summed E-state index contributed by atoms with van der Waals surface area (Å²) in [6.45, 7) is 3.00. The fourth-order valence-corrected chi connectivity index (χ4v) is 1.32. The second-order valence-electron chi connectivity index (χ2n) is 3.81. The van der Waals surface area contributed by atoms with Gasteiger partial charge in [-0.3, -0.25) is 0 Å². The minimum Gasteiger partial charge on any atom is -0.482 e. The standard InChI is InChI=1S/C15H13NO5/c1-2-7-20-15(19)12(9-16)8-11-3-5-13(6-4-11)21-10-14(17)18/h2-6,8H,1,7,10H2,(H,17,18)/b12-8-. The number of esters is 1. The first-order valence-electron chi connectivity index (χ1n) is 5.91. The molecular weight excluding hydrogens is 274 g/mol. The van der Waals surface area contributed by atoms with Gasteiger partial charge in [-0.05, 0) is 23.8 Å². The number of carbonyl (C=O) groups is 2. The smallest absolute Gasteiger partial charge is 0.349 e. The largest absolute Gasteiger partial charge is 0.482 e. The van der Waals surface area contributed by atoms with Gasteiger partial charge in [0.05, 0.1) is 0 Å². The summed E-state index contributed by atoms with van der Waals surface area (Å²) in [7, 11) is 0. The fourth-order valence-electron chi connectivity index (χ4n) is 1.32. The summed E-state index contributed by atoms with van der Waals surface area (Å²) in [4.78, 5) is 21.9. The van der Waals surface area contributed by atoms with E-state index < -0.39 is 18.5 Å². The number of nitriles is 1. The molecule has 0 fully saturated rings. The van der Waals surface area contributed by atoms with Gasteiger partial charge in [0.25, 0.3) is 0 Å². The summed E-state index contributed by atoms with van der Waals surface area (Å²) in [5.41, 5.74) is 0.445. The molecule has 0 radical (unpaired) electrons. The fraction of sp³-hybridized carbons (Fsp3) is 0.133. The van der Waals surface area contributed by atoms with E-state index in [1.54, 1.807) is 30.3 Å². The normalized spacial score (nSPS) is 10.3. The van der Waals surface area contributed by atoms with Crippen LogP contribution in [0.4, 0.5) is 0 Å². The number of hydrogen-bond acceptors (Lipinski definition) is 5. The predicted molar refractivity (Wildman–Crippen MR) is 74.3 cm³/mol. The summed E-state index contributed by atoms with van der Waals surface area (Å²) < 4.78 is 9.73. The van der Waals surface area contributed by atoms with Crippen molar-refractivity contribution in [3.63, 3.8) is 0 Å². The van der Waals surface area contributed by atoms with E-state index in [0.29, 0.717) is 11.3 Å². The van der Waals surface area contributed by atoms with Crippen molar-refractivity contribution in [3.05, 3.63) is 48.1 Å². The zero-order valence-electron chi connectivity index (χ0n) is 11.1. The van der Waals surface area contributed by atoms with Gasteiger partial charge in [-0.1, -0.05) is 24.8 Å². The molecule has 0 aliphatic rings. The molecule has 0 bridgehead atoms. The van der Waals surface area contributed by atoms with Gasteiger partial charge in [-0.2, -0.15) is 5.26 Å². The molecule has 1 aromatic rings. The van der Waals surface area contributed by atoms with Crippen LogP contribution >= 0.6 is 0 Å². The van der Waals surface area contributed by atoms with Gasteiger partial charge in [0.15, 0.2) is 6.61 Å². The highest BCUT2D eigenvalue weighted by atomic mass is 16.5. The predicted octanol–water partition coefficient (Wildman–Crippen LogP) is 1.79. The molecule has 21 heavy (non-hydrogen) atoms. The van der Waals surface area contributed by atoms with Gasteiger partial charge in [-0.25, -0.2) is 9.59 Å². The molecular formula is C15H13NO5. The molecule has 0 spiro atoms. The van der Waals surface area contributed by atoms with E-state index in [9.17, 15) is 9.59 Å². The number of carboxylic acids is 1. The topological polar surface area (TPSA) is 96.6 Å². The Labute approximate surface area is 121 Å². The number of hydrogen-bond donors (Lipinski definition) is 1. The van der Waals surface area contributed by atoms with Gasteiger partial charge in [0.2, 0.25) is 0 Å². The van der Waals surface area contributed by atoms with E-state index in [2.05, 4.69) is 6.58 Å². The molecule has 0 aliphatic carbocycles. The molecule has 0 saturated heterocycles. The Balaban J connectivity index is 2.78. The lowest BCUT2D eigenvalue weighted by Crippen LogP contribution is -2.09. The van der Waals surface area contributed by atoms with E-state index in [4.69, 9.17) is 19.8 Å². The van der Waals surface area contributed by atoms with Crippen LogP contribution in [-0.2, 0) is 14.3 Å². The van der Waals surface area contributed by atoms with E-state index in [-0.39, 0.29) is 12.2 Å². The zero-order chi connectivity index (χ0) is 15.7. The van der Waals surface area contributed by atoms with Crippen LogP contribution in [0.5, 0.6) is 5.75 Å². The van der Waals surface area contributed by atoms with Crippen LogP contribution in [0.2, 0.25) is 0 Å². The van der Waals surface area contributed by atoms with Gasteiger partial charge >= 0.3 is 11.9 Å². The lowest BCUT2D eigenvalue weighted by Gasteiger charge is -2.03. The zero-order valence-corrected chi connectivity index (χ0v) is 11.1. The maximum absolute atomic E-state index is 11.5. The Morgan fingerprint density at radius 3 is 2.52 bits per heavy atom. The highest BCUT2D eigenvalue weighted by Gasteiger charge is 2.09. The Morgan fingerprint density at radius 1 is 1.33 bits per heavy atom. The van der Waals surface area contributed by atoms with E-state index >= 15 is 0 Å². The van der Waals surface area contributed by atoms with Crippen molar-refractivity contribution in [1.29, 1.82) is 5.26 Å². The highest BCUT2D eigenvalue weighted by molar-refractivity contribution is 5.97. The van der Waals surface area contributed by atoms with Crippen LogP contribution < -0.4 is 4.74 Å². The van der Waals surface area contributed by atoms with Crippen molar-refractivity contribution in [2.24, 2.45) is 0 Å². The molecule has 0 amide bonds. The molecule has 0 aromatic heterocycles. The van der Waals surface area contributed by atoms with Crippen molar-refractivity contribution >= 4 is 18.0 Å². The molecule has 0 atom stereocenters. The molecule has 108 valence electrons. The minimum absolute atomic E-state index is 0.0276. The number of nitrogens with zero attached hydrogens (tertiary/aromatic N) is 1. The highest BCUT2D eigenvalue weighted by Crippen LogP contribution is 2.15. The lowest BCUT2D eigenvalue weighted by molar-refractivity contribution is -0.139. The van der Waals surface area contributed by atoms with Gasteiger partial charge in [0.1, 0.15) is 24.0 Å². The first kappa shape index (κ1) is 16.0. The molecule has 6 heteroatoms. The summed E-state index contributed by atoms with van der Waals surface area (Å²) in [5.74, 6) is -1.43. The van der Waals surface area contributed by atoms with Gasteiger partial charge < -0.3 is 14.6 Å². The molecule has 0 unspecified atom stereocenters. The molecule has 6 nitrogen and oxygen atoms in total. The second kappa shape index (κ2) is 8.17. The van der Waals surface area contributed by atoms with Crippen LogP contribution in [0, 0.1) is 11.3 Å². The third kappa shape index (κ3) is 5.61. The molecule has 1 aromatic carbocycles. The Kier molecular flexibility index (Phi) is 6.22. The number of carboxylic acid groups (broad SMARTS) is 1. The van der Waals surface area contributed by atoms with E-state index in [1.165, 1.54) is 12.2 Å². The molecule has 1 rings (SSSR count). The van der Waals surface area contributed by atoms with E-state index in [0.717, 1.165) is 0 Å². The third-order valence-corrected chi connectivity index (χ3v) is 2.23. The maximum atomic E-state index is 11.5. The van der Waals surface area contributed by atoms with Crippen LogP contribution in [0.15, 0.2) is 42.5 Å². The second-order valence-corrected chi connectivity index (χ2v) is 3.81. The molecule has 1 N–H and O–H groups in total. The maximum Gasteiger partial charge on any atom is 0.349 e. The van der Waals surface area contributed by atoms with Crippen LogP contribution in [0.3, 0.4) is 0 Å². The summed E-state index contributed by atoms with van der Waals surface area (Å²) in [6.07, 6.45) is 2.77. The molecule has 0 heterocycles. The monoisotopic (exact) mass is 287 g/mol. The van der Waals surface area contributed by atoms with Crippen molar-refractivity contribution in [2.75, 3.05) is 13.2 Å². The van der Waals surface area contributed by atoms with E-state index in [1.807, 2.05) is 0 Å². The van der Waals surface area contributed by atoms with Crippen LogP contribution in [0.1, 0.15) is 5.56 Å². The summed E-state index contributed by atoms with van der Waals surface area (Å²) in [5, 5.41) is 17.4. The van der Waals surface area contributed by atoms with Crippen molar-refractivity contribution in [2.45, 2.75) is 0 Å². The first-order chi connectivity index (χ1) is 10.1. The van der Waals surface area contributed by atoms with Crippen molar-refractivity contribution < 1.29 is 24.2 Å². The van der Waals surface area contributed by atoms with Crippen LogP contribution in [0.25, 0.3) is 6.08 Å². The Hall–Kier alpha value is -3.07. The SMILES string of the molecule is C=CCOC(=O)/C(C#N)=C\c1ccc(OCC(=O)O)cc1. The quantitative estimate of drug-likeness (QED) is 0.355. The Morgan fingerprint density at radius 2 is 2.00 bits per heavy atom. The number of ether oxygens (including phenoxy) is 2. The minimum atomic E-state index is -1.07. The average molecular weight is 287 g/mol. The lowest BCUT2D eigenvalue weighted by atomic mass is 10.1. The number of benzene rings is 1. The first-order valence-corrected chi connectivity index (χ1v) is 5.91. The van der Waals surface area contributed by atoms with Gasteiger partial charge in [0, 0.05) is 0 Å². The van der Waals surface area contributed by atoms with Crippen molar-refractivity contribution in [3.8, 4) is 11.8 Å². The number of carbonyl (C=O) groups excluding carboxylic acids is 1. The Bertz CT molecular complexity index is 595. The average Bonchev–Trinajstić information content (AvgIpc) is 2.49. The summed E-state index contributed by atoms with van der Waals surface area (Å²) >= 11 is 0. The molecule has 0 saturated carbocycles. The van der Waals surface area contributed by atoms with Crippen molar-refractivity contribution in [1.82, 2.24) is 0 Å².